The van der Waals surface area contributed by atoms with Gasteiger partial charge in [0.15, 0.2) is 6.10 Å². The van der Waals surface area contributed by atoms with Crippen molar-refractivity contribution < 1.29 is 28.6 Å². The fourth-order valence-corrected chi connectivity index (χ4v) is 6.86. The van der Waals surface area contributed by atoms with Crippen LogP contribution in [0.5, 0.6) is 0 Å². The van der Waals surface area contributed by atoms with Crippen LogP contribution in [0.4, 0.5) is 0 Å². The molecule has 6 nitrogen and oxygen atoms in total. The molecule has 0 radical (unpaired) electrons. The van der Waals surface area contributed by atoms with E-state index in [4.69, 9.17) is 14.2 Å². The van der Waals surface area contributed by atoms with Crippen molar-refractivity contribution in [2.45, 2.75) is 245 Å². The lowest BCUT2D eigenvalue weighted by Gasteiger charge is -2.18. The Labute approximate surface area is 388 Å². The van der Waals surface area contributed by atoms with Crippen LogP contribution in [0.25, 0.3) is 0 Å². The Balaban J connectivity index is 4.50. The average molecular weight is 877 g/mol. The number of hydrogen-bond acceptors (Lipinski definition) is 6. The van der Waals surface area contributed by atoms with Gasteiger partial charge in [0.25, 0.3) is 0 Å². The molecule has 0 N–H and O–H groups in total. The van der Waals surface area contributed by atoms with Gasteiger partial charge in [0.2, 0.25) is 0 Å². The Kier molecular flexibility index (Phi) is 48.5. The molecule has 1 atom stereocenters. The molecule has 360 valence electrons. The first kappa shape index (κ1) is 59.6. The zero-order chi connectivity index (χ0) is 45.8. The molecule has 0 amide bonds. The summed E-state index contributed by atoms with van der Waals surface area (Å²) < 4.78 is 16.7. The summed E-state index contributed by atoms with van der Waals surface area (Å²) in [5, 5.41) is 0. The number of carbonyl (C=O) groups is 3. The number of rotatable bonds is 46. The minimum absolute atomic E-state index is 0.102. The maximum atomic E-state index is 12.8. The van der Waals surface area contributed by atoms with Gasteiger partial charge in [-0.1, -0.05) is 183 Å². The van der Waals surface area contributed by atoms with E-state index in [1.165, 1.54) is 77.0 Å². The predicted octanol–water partition coefficient (Wildman–Crippen LogP) is 17.2. The molecular formula is C57H96O6. The van der Waals surface area contributed by atoms with Crippen molar-refractivity contribution in [3.05, 3.63) is 85.1 Å². The van der Waals surface area contributed by atoms with Gasteiger partial charge in [-0.25, -0.2) is 0 Å². The number of esters is 3. The number of carbonyl (C=O) groups excluding carboxylic acids is 3. The van der Waals surface area contributed by atoms with Crippen molar-refractivity contribution in [1.29, 1.82) is 0 Å². The Morgan fingerprint density at radius 2 is 0.571 bits per heavy atom. The minimum atomic E-state index is -0.805. The molecule has 0 fully saturated rings. The summed E-state index contributed by atoms with van der Waals surface area (Å²) >= 11 is 0. The van der Waals surface area contributed by atoms with Crippen molar-refractivity contribution in [3.8, 4) is 0 Å². The van der Waals surface area contributed by atoms with Crippen molar-refractivity contribution in [2.75, 3.05) is 13.2 Å². The highest BCUT2D eigenvalue weighted by Gasteiger charge is 2.19. The topological polar surface area (TPSA) is 78.9 Å². The molecule has 0 aliphatic heterocycles. The van der Waals surface area contributed by atoms with Gasteiger partial charge in [0.1, 0.15) is 13.2 Å². The van der Waals surface area contributed by atoms with E-state index >= 15 is 0 Å². The van der Waals surface area contributed by atoms with E-state index in [2.05, 4.69) is 106 Å². The molecule has 0 aliphatic carbocycles. The Morgan fingerprint density at radius 1 is 0.317 bits per heavy atom. The molecule has 0 saturated carbocycles. The summed E-state index contributed by atoms with van der Waals surface area (Å²) in [5.41, 5.74) is 0. The Bertz CT molecular complexity index is 1240. The SMILES string of the molecule is CCCCC/C=C/C/C=C/C/C=C/CCCCC(=O)OCC(COC(=O)CCCCCCC/C=C/C/C=C/CCCCC)OC(=O)CCCCCCC/C=C/C/C=C/CCCCC. The van der Waals surface area contributed by atoms with Crippen molar-refractivity contribution in [2.24, 2.45) is 0 Å². The van der Waals surface area contributed by atoms with Crippen molar-refractivity contribution in [1.82, 2.24) is 0 Å². The van der Waals surface area contributed by atoms with Gasteiger partial charge in [0.05, 0.1) is 0 Å². The highest BCUT2D eigenvalue weighted by molar-refractivity contribution is 5.71. The predicted molar refractivity (Wildman–Crippen MR) is 270 cm³/mol. The smallest absolute Gasteiger partial charge is 0.306 e. The monoisotopic (exact) mass is 877 g/mol. The fraction of sp³-hybridized carbons (Fsp3) is 0.702. The Hall–Kier alpha value is -3.41. The van der Waals surface area contributed by atoms with Gasteiger partial charge in [-0.05, 0) is 122 Å². The molecular weight excluding hydrogens is 781 g/mol. The first-order chi connectivity index (χ1) is 31.0. The maximum absolute atomic E-state index is 12.8. The van der Waals surface area contributed by atoms with E-state index in [1.54, 1.807) is 0 Å². The van der Waals surface area contributed by atoms with E-state index in [0.29, 0.717) is 19.3 Å². The second-order valence-electron chi connectivity index (χ2n) is 17.1. The van der Waals surface area contributed by atoms with Gasteiger partial charge < -0.3 is 14.2 Å². The number of unbranched alkanes of at least 4 members (excludes halogenated alkanes) is 21. The zero-order valence-electron chi connectivity index (χ0n) is 41.1. The first-order valence-corrected chi connectivity index (χ1v) is 26.1. The number of ether oxygens (including phenoxy) is 3. The third-order valence-electron chi connectivity index (χ3n) is 10.8. The van der Waals surface area contributed by atoms with Crippen LogP contribution in [0.2, 0.25) is 0 Å². The summed E-state index contributed by atoms with van der Waals surface area (Å²) in [6.07, 6.45) is 65.6. The number of allylic oxidation sites excluding steroid dienone is 14. The van der Waals surface area contributed by atoms with Gasteiger partial charge in [-0.2, -0.15) is 0 Å². The van der Waals surface area contributed by atoms with Crippen LogP contribution >= 0.6 is 0 Å². The molecule has 6 heteroatoms. The molecule has 0 heterocycles. The molecule has 63 heavy (non-hydrogen) atoms. The van der Waals surface area contributed by atoms with Crippen LogP contribution in [0.15, 0.2) is 85.1 Å². The second-order valence-corrected chi connectivity index (χ2v) is 17.1. The highest BCUT2D eigenvalue weighted by atomic mass is 16.6. The lowest BCUT2D eigenvalue weighted by molar-refractivity contribution is -0.167. The Morgan fingerprint density at radius 3 is 0.921 bits per heavy atom. The maximum Gasteiger partial charge on any atom is 0.306 e. The molecule has 0 aromatic rings. The van der Waals surface area contributed by atoms with E-state index < -0.39 is 6.10 Å². The van der Waals surface area contributed by atoms with E-state index in [1.807, 2.05) is 0 Å². The minimum Gasteiger partial charge on any atom is -0.462 e. The lowest BCUT2D eigenvalue weighted by atomic mass is 10.1. The van der Waals surface area contributed by atoms with Crippen LogP contribution in [0.1, 0.15) is 239 Å². The molecule has 0 aliphatic rings. The van der Waals surface area contributed by atoms with Gasteiger partial charge in [-0.3, -0.25) is 14.4 Å². The van der Waals surface area contributed by atoms with Crippen LogP contribution in [0.3, 0.4) is 0 Å². The van der Waals surface area contributed by atoms with Crippen LogP contribution in [-0.2, 0) is 28.6 Å². The van der Waals surface area contributed by atoms with Crippen LogP contribution < -0.4 is 0 Å². The second kappa shape index (κ2) is 51.2. The summed E-state index contributed by atoms with van der Waals surface area (Å²) in [6.45, 7) is 6.49. The normalized spacial score (nSPS) is 12.7. The van der Waals surface area contributed by atoms with Crippen molar-refractivity contribution in [3.63, 3.8) is 0 Å². The third kappa shape index (κ3) is 49.5. The van der Waals surface area contributed by atoms with Gasteiger partial charge in [0, 0.05) is 19.3 Å². The number of hydrogen-bond donors (Lipinski definition) is 0. The average Bonchev–Trinajstić information content (AvgIpc) is 3.28. The van der Waals surface area contributed by atoms with Gasteiger partial charge in [-0.15, -0.1) is 0 Å². The molecule has 0 aromatic carbocycles. The summed E-state index contributed by atoms with van der Waals surface area (Å²) in [5.74, 6) is -0.970. The lowest BCUT2D eigenvalue weighted by Crippen LogP contribution is -2.30. The van der Waals surface area contributed by atoms with E-state index in [0.717, 1.165) is 122 Å². The third-order valence-corrected chi connectivity index (χ3v) is 10.8. The van der Waals surface area contributed by atoms with E-state index in [9.17, 15) is 14.4 Å². The van der Waals surface area contributed by atoms with Crippen LogP contribution in [0, 0.1) is 0 Å². The largest absolute Gasteiger partial charge is 0.462 e. The fourth-order valence-electron chi connectivity index (χ4n) is 6.86. The summed E-state index contributed by atoms with van der Waals surface area (Å²) in [6, 6.07) is 0. The molecule has 0 rings (SSSR count). The molecule has 0 aromatic heterocycles. The molecule has 0 bridgehead atoms. The standard InChI is InChI=1S/C57H96O6/c1-4-7-10-13-16-19-22-25-28-31-34-37-40-43-46-49-55(58)61-52-54(63-57(60)51-48-45-42-39-36-33-30-27-24-21-18-15-12-9-6-3)53-62-56(59)50-47-44-41-38-35-32-29-26-23-20-17-14-11-8-5-2/h16-21,25-30,34,37,54H,4-15,22-24,31-33,35-36,38-53H2,1-3H3/b19-16+,20-17+,21-18+,28-25+,29-26+,30-27+,37-34+. The van der Waals surface area contributed by atoms with Crippen molar-refractivity contribution >= 4 is 17.9 Å². The van der Waals surface area contributed by atoms with Gasteiger partial charge >= 0.3 is 17.9 Å². The molecule has 1 unspecified atom stereocenters. The highest BCUT2D eigenvalue weighted by Crippen LogP contribution is 2.13. The zero-order valence-corrected chi connectivity index (χ0v) is 41.1. The van der Waals surface area contributed by atoms with E-state index in [-0.39, 0.29) is 31.1 Å². The molecule has 0 spiro atoms. The first-order valence-electron chi connectivity index (χ1n) is 26.1. The quantitative estimate of drug-likeness (QED) is 0.0262. The molecule has 0 saturated heterocycles. The summed E-state index contributed by atoms with van der Waals surface area (Å²) in [4.78, 5) is 38.0. The summed E-state index contributed by atoms with van der Waals surface area (Å²) in [7, 11) is 0. The van der Waals surface area contributed by atoms with Crippen LogP contribution in [-0.4, -0.2) is 37.2 Å².